The van der Waals surface area contributed by atoms with E-state index in [2.05, 4.69) is 37.9 Å². The lowest BCUT2D eigenvalue weighted by Gasteiger charge is -2.18. The van der Waals surface area contributed by atoms with E-state index >= 15 is 0 Å². The van der Waals surface area contributed by atoms with Crippen LogP contribution in [-0.4, -0.2) is 22.8 Å². The highest BCUT2D eigenvalue weighted by atomic mass is 16.2. The van der Waals surface area contributed by atoms with E-state index < -0.39 is 0 Å². The lowest BCUT2D eigenvalue weighted by Crippen LogP contribution is -2.24. The summed E-state index contributed by atoms with van der Waals surface area (Å²) >= 11 is 0. The molecule has 0 aliphatic carbocycles. The third-order valence-corrected chi connectivity index (χ3v) is 3.71. The number of nitrogens with zero attached hydrogens (tertiary/aromatic N) is 2. The first-order valence-corrected chi connectivity index (χ1v) is 7.79. The summed E-state index contributed by atoms with van der Waals surface area (Å²) in [5.41, 5.74) is 3.48. The van der Waals surface area contributed by atoms with Crippen LogP contribution in [0.2, 0.25) is 0 Å². The fourth-order valence-electron chi connectivity index (χ4n) is 2.23. The van der Waals surface area contributed by atoms with Gasteiger partial charge in [-0.3, -0.25) is 9.78 Å². The van der Waals surface area contributed by atoms with Crippen molar-refractivity contribution in [3.05, 3.63) is 71.6 Å². The Labute approximate surface area is 138 Å². The fraction of sp³-hybridized carbons (Fsp3) is 0.300. The van der Waals surface area contributed by atoms with E-state index in [1.165, 1.54) is 5.56 Å². The standard InChI is InChI=1S/C20H24N2O/c1-20(2,3)18-10-7-16(8-11-18)9-12-19(23)22(4)15-17-6-5-13-21-14-17/h5-14H,15H2,1-4H3/b12-9+. The van der Waals surface area contributed by atoms with Crippen molar-refractivity contribution >= 4 is 12.0 Å². The minimum atomic E-state index is -0.0197. The smallest absolute Gasteiger partial charge is 0.246 e. The molecule has 0 spiro atoms. The third-order valence-electron chi connectivity index (χ3n) is 3.71. The van der Waals surface area contributed by atoms with E-state index in [1.807, 2.05) is 30.3 Å². The maximum atomic E-state index is 12.2. The number of likely N-dealkylation sites (N-methyl/N-ethyl adjacent to an activating group) is 1. The first-order chi connectivity index (χ1) is 10.9. The summed E-state index contributed by atoms with van der Waals surface area (Å²) in [7, 11) is 1.79. The quantitative estimate of drug-likeness (QED) is 0.798. The van der Waals surface area contributed by atoms with Gasteiger partial charge in [0.05, 0.1) is 0 Å². The summed E-state index contributed by atoms with van der Waals surface area (Å²) in [5, 5.41) is 0. The van der Waals surface area contributed by atoms with Gasteiger partial charge in [-0.15, -0.1) is 0 Å². The molecule has 0 bridgehead atoms. The van der Waals surface area contributed by atoms with Gasteiger partial charge in [0.25, 0.3) is 0 Å². The van der Waals surface area contributed by atoms with Gasteiger partial charge in [0.1, 0.15) is 0 Å². The van der Waals surface area contributed by atoms with E-state index in [-0.39, 0.29) is 11.3 Å². The van der Waals surface area contributed by atoms with Gasteiger partial charge < -0.3 is 4.90 Å². The molecule has 1 aromatic carbocycles. The van der Waals surface area contributed by atoms with Crippen LogP contribution in [0.15, 0.2) is 54.9 Å². The molecular weight excluding hydrogens is 284 g/mol. The van der Waals surface area contributed by atoms with Gasteiger partial charge in [-0.25, -0.2) is 0 Å². The van der Waals surface area contributed by atoms with Crippen LogP contribution in [0.1, 0.15) is 37.5 Å². The van der Waals surface area contributed by atoms with Crippen LogP contribution < -0.4 is 0 Å². The molecule has 0 unspecified atom stereocenters. The molecule has 1 heterocycles. The number of hydrogen-bond donors (Lipinski definition) is 0. The van der Waals surface area contributed by atoms with Crippen molar-refractivity contribution in [2.24, 2.45) is 0 Å². The summed E-state index contributed by atoms with van der Waals surface area (Å²) in [5.74, 6) is -0.0197. The minimum absolute atomic E-state index is 0.0197. The molecular formula is C20H24N2O. The summed E-state index contributed by atoms with van der Waals surface area (Å²) in [6.07, 6.45) is 6.97. The highest BCUT2D eigenvalue weighted by Gasteiger charge is 2.12. The Hall–Kier alpha value is -2.42. The monoisotopic (exact) mass is 308 g/mol. The summed E-state index contributed by atoms with van der Waals surface area (Å²) in [6, 6.07) is 12.2. The van der Waals surface area contributed by atoms with E-state index in [1.54, 1.807) is 30.4 Å². The first kappa shape index (κ1) is 16.9. The lowest BCUT2D eigenvalue weighted by atomic mass is 9.87. The van der Waals surface area contributed by atoms with E-state index in [9.17, 15) is 4.79 Å². The van der Waals surface area contributed by atoms with Gasteiger partial charge in [-0.1, -0.05) is 51.1 Å². The van der Waals surface area contributed by atoms with Crippen molar-refractivity contribution in [1.29, 1.82) is 0 Å². The minimum Gasteiger partial charge on any atom is -0.338 e. The topological polar surface area (TPSA) is 33.2 Å². The van der Waals surface area contributed by atoms with Gasteiger partial charge in [-0.05, 0) is 34.2 Å². The third kappa shape index (κ3) is 5.06. The predicted octanol–water partition coefficient (Wildman–Crippen LogP) is 4.05. The zero-order valence-corrected chi connectivity index (χ0v) is 14.3. The zero-order valence-electron chi connectivity index (χ0n) is 14.3. The number of amides is 1. The van der Waals surface area contributed by atoms with Crippen LogP contribution in [0.4, 0.5) is 0 Å². The first-order valence-electron chi connectivity index (χ1n) is 7.79. The van der Waals surface area contributed by atoms with Gasteiger partial charge >= 0.3 is 0 Å². The fourth-order valence-corrected chi connectivity index (χ4v) is 2.23. The number of aromatic nitrogens is 1. The van der Waals surface area contributed by atoms with Crippen molar-refractivity contribution in [3.63, 3.8) is 0 Å². The zero-order chi connectivity index (χ0) is 16.9. The molecule has 0 fully saturated rings. The van der Waals surface area contributed by atoms with Crippen LogP contribution in [0, 0.1) is 0 Å². The molecule has 23 heavy (non-hydrogen) atoms. The Morgan fingerprint density at radius 3 is 2.43 bits per heavy atom. The van der Waals surface area contributed by atoms with Gasteiger partial charge in [0.2, 0.25) is 5.91 Å². The largest absolute Gasteiger partial charge is 0.338 e. The number of carbonyl (C=O) groups is 1. The van der Waals surface area contributed by atoms with E-state index in [4.69, 9.17) is 0 Å². The summed E-state index contributed by atoms with van der Waals surface area (Å²) < 4.78 is 0. The average Bonchev–Trinajstić information content (AvgIpc) is 2.53. The highest BCUT2D eigenvalue weighted by Crippen LogP contribution is 2.22. The molecule has 1 amide bonds. The van der Waals surface area contributed by atoms with Crippen molar-refractivity contribution < 1.29 is 4.79 Å². The Kier molecular flexibility index (Phi) is 5.32. The summed E-state index contributed by atoms with van der Waals surface area (Å²) in [4.78, 5) is 17.9. The molecule has 2 aromatic rings. The second kappa shape index (κ2) is 7.23. The number of rotatable bonds is 4. The Morgan fingerprint density at radius 2 is 1.87 bits per heavy atom. The van der Waals surface area contributed by atoms with Crippen molar-refractivity contribution in [2.75, 3.05) is 7.05 Å². The van der Waals surface area contributed by atoms with E-state index in [0.717, 1.165) is 11.1 Å². The molecule has 120 valence electrons. The molecule has 0 aliphatic heterocycles. The molecule has 0 atom stereocenters. The van der Waals surface area contributed by atoms with Crippen molar-refractivity contribution in [1.82, 2.24) is 9.88 Å². The Morgan fingerprint density at radius 1 is 1.17 bits per heavy atom. The Balaban J connectivity index is 1.97. The van der Waals surface area contributed by atoms with E-state index in [0.29, 0.717) is 6.54 Å². The second-order valence-corrected chi connectivity index (χ2v) is 6.76. The molecule has 3 nitrogen and oxygen atoms in total. The molecule has 0 N–H and O–H groups in total. The number of carbonyl (C=O) groups excluding carboxylic acids is 1. The van der Waals surface area contributed by atoms with Gasteiger partial charge in [0, 0.05) is 32.1 Å². The molecule has 1 aromatic heterocycles. The summed E-state index contributed by atoms with van der Waals surface area (Å²) in [6.45, 7) is 7.12. The van der Waals surface area contributed by atoms with Crippen molar-refractivity contribution in [2.45, 2.75) is 32.7 Å². The number of benzene rings is 1. The van der Waals surface area contributed by atoms with Crippen LogP contribution in [0.5, 0.6) is 0 Å². The maximum Gasteiger partial charge on any atom is 0.246 e. The molecule has 0 radical (unpaired) electrons. The molecule has 0 aliphatic rings. The highest BCUT2D eigenvalue weighted by molar-refractivity contribution is 5.91. The molecule has 0 saturated carbocycles. The van der Waals surface area contributed by atoms with Crippen LogP contribution in [0.25, 0.3) is 6.08 Å². The number of pyridine rings is 1. The lowest BCUT2D eigenvalue weighted by molar-refractivity contribution is -0.125. The molecule has 2 rings (SSSR count). The van der Waals surface area contributed by atoms with Crippen LogP contribution in [-0.2, 0) is 16.8 Å². The van der Waals surface area contributed by atoms with Gasteiger partial charge in [-0.2, -0.15) is 0 Å². The second-order valence-electron chi connectivity index (χ2n) is 6.76. The van der Waals surface area contributed by atoms with Crippen molar-refractivity contribution in [3.8, 4) is 0 Å². The normalized spacial score (nSPS) is 11.7. The molecule has 0 saturated heterocycles. The van der Waals surface area contributed by atoms with Crippen LogP contribution >= 0.6 is 0 Å². The van der Waals surface area contributed by atoms with Crippen LogP contribution in [0.3, 0.4) is 0 Å². The Bertz CT molecular complexity index is 667. The average molecular weight is 308 g/mol. The SMILES string of the molecule is CN(Cc1cccnc1)C(=O)/C=C/c1ccc(C(C)(C)C)cc1. The maximum absolute atomic E-state index is 12.2. The number of hydrogen-bond acceptors (Lipinski definition) is 2. The van der Waals surface area contributed by atoms with Gasteiger partial charge in [0.15, 0.2) is 0 Å². The molecule has 3 heteroatoms. The predicted molar refractivity (Wildman–Crippen MR) is 94.9 cm³/mol.